The Hall–Kier alpha value is -2.53. The van der Waals surface area contributed by atoms with Crippen LogP contribution in [0.1, 0.15) is 18.7 Å². The van der Waals surface area contributed by atoms with E-state index in [0.29, 0.717) is 13.2 Å². The smallest absolute Gasteiger partial charge is 0.175 e. The molecule has 0 saturated carbocycles. The molecular formula is C19H17NO3S. The van der Waals surface area contributed by atoms with Gasteiger partial charge in [0.1, 0.15) is 17.4 Å². The first-order valence-corrected chi connectivity index (χ1v) is 8.78. The minimum Gasteiger partial charge on any atom is -0.494 e. The molecule has 4 nitrogen and oxygen atoms in total. The Kier molecular flexibility index (Phi) is 4.09. The zero-order chi connectivity index (χ0) is 16.4. The maximum absolute atomic E-state index is 6.02. The number of aromatic nitrogens is 1. The Morgan fingerprint density at radius 2 is 1.92 bits per heavy atom. The molecule has 0 unspecified atom stereocenters. The summed E-state index contributed by atoms with van der Waals surface area (Å²) in [5, 5.41) is 3.00. The lowest BCUT2D eigenvalue weighted by atomic mass is 10.2. The molecule has 0 spiro atoms. The van der Waals surface area contributed by atoms with Crippen LogP contribution in [-0.2, 0) is 0 Å². The van der Waals surface area contributed by atoms with Gasteiger partial charge < -0.3 is 14.2 Å². The number of thiazole rings is 1. The molecule has 3 aromatic rings. The third-order valence-corrected chi connectivity index (χ3v) is 4.68. The minimum atomic E-state index is -0.174. The van der Waals surface area contributed by atoms with E-state index < -0.39 is 0 Å². The number of hydrogen-bond donors (Lipinski definition) is 0. The van der Waals surface area contributed by atoms with E-state index in [-0.39, 0.29) is 6.10 Å². The summed E-state index contributed by atoms with van der Waals surface area (Å²) in [5.74, 6) is 2.43. The van der Waals surface area contributed by atoms with Crippen LogP contribution in [-0.4, -0.2) is 18.2 Å². The van der Waals surface area contributed by atoms with Crippen molar-refractivity contribution in [3.63, 3.8) is 0 Å². The van der Waals surface area contributed by atoms with Crippen LogP contribution in [0.5, 0.6) is 17.2 Å². The van der Waals surface area contributed by atoms with E-state index in [0.717, 1.165) is 33.5 Å². The maximum atomic E-state index is 6.02. The van der Waals surface area contributed by atoms with Crippen molar-refractivity contribution >= 4 is 11.3 Å². The molecule has 1 aromatic heterocycles. The monoisotopic (exact) mass is 339 g/mol. The van der Waals surface area contributed by atoms with E-state index >= 15 is 0 Å². The third-order valence-electron chi connectivity index (χ3n) is 3.77. The van der Waals surface area contributed by atoms with Crippen molar-refractivity contribution in [2.45, 2.75) is 13.0 Å². The largest absolute Gasteiger partial charge is 0.494 e. The molecule has 1 aliphatic rings. The summed E-state index contributed by atoms with van der Waals surface area (Å²) in [6.45, 7) is 3.12. The lowest BCUT2D eigenvalue weighted by Gasteiger charge is -2.25. The fourth-order valence-corrected chi connectivity index (χ4v) is 3.46. The molecule has 4 rings (SSSR count). The van der Waals surface area contributed by atoms with Crippen molar-refractivity contribution in [2.24, 2.45) is 0 Å². The number of rotatable bonds is 4. The number of ether oxygens (including phenoxy) is 3. The summed E-state index contributed by atoms with van der Waals surface area (Å²) in [4.78, 5) is 4.73. The molecule has 0 aliphatic carbocycles. The van der Waals surface area contributed by atoms with Crippen LogP contribution in [0.15, 0.2) is 53.9 Å². The van der Waals surface area contributed by atoms with Gasteiger partial charge in [-0.1, -0.05) is 12.1 Å². The fourth-order valence-electron chi connectivity index (χ4n) is 2.59. The molecule has 5 heteroatoms. The first kappa shape index (κ1) is 15.0. The molecule has 0 N–H and O–H groups in total. The van der Waals surface area contributed by atoms with Gasteiger partial charge in [-0.05, 0) is 43.3 Å². The van der Waals surface area contributed by atoms with E-state index in [1.807, 2.05) is 60.8 Å². The number of fused-ring (bicyclic) bond motifs is 1. The summed E-state index contributed by atoms with van der Waals surface area (Å²) in [6.07, 6.45) is -0.174. The van der Waals surface area contributed by atoms with E-state index in [4.69, 9.17) is 19.2 Å². The Balaban J connectivity index is 1.53. The Morgan fingerprint density at radius 1 is 1.12 bits per heavy atom. The van der Waals surface area contributed by atoms with Gasteiger partial charge in [-0.15, -0.1) is 11.3 Å². The van der Waals surface area contributed by atoms with Crippen molar-refractivity contribution in [2.75, 3.05) is 13.2 Å². The summed E-state index contributed by atoms with van der Waals surface area (Å²) in [7, 11) is 0. The second-order valence-corrected chi connectivity index (χ2v) is 6.26. The summed E-state index contributed by atoms with van der Waals surface area (Å²) < 4.78 is 17.3. The van der Waals surface area contributed by atoms with Crippen molar-refractivity contribution < 1.29 is 14.2 Å². The third kappa shape index (κ3) is 2.95. The van der Waals surface area contributed by atoms with Gasteiger partial charge in [0.05, 0.1) is 12.3 Å². The van der Waals surface area contributed by atoms with Gasteiger partial charge in [0.2, 0.25) is 0 Å². The van der Waals surface area contributed by atoms with Gasteiger partial charge in [0.15, 0.2) is 17.6 Å². The van der Waals surface area contributed by atoms with Gasteiger partial charge >= 0.3 is 0 Å². The maximum Gasteiger partial charge on any atom is 0.175 e. The molecule has 0 bridgehead atoms. The number of hydrogen-bond acceptors (Lipinski definition) is 5. The first-order valence-electron chi connectivity index (χ1n) is 7.90. The van der Waals surface area contributed by atoms with Crippen molar-refractivity contribution in [1.29, 1.82) is 0 Å². The average molecular weight is 339 g/mol. The zero-order valence-electron chi connectivity index (χ0n) is 13.3. The molecule has 0 saturated heterocycles. The Morgan fingerprint density at radius 3 is 2.71 bits per heavy atom. The first-order chi connectivity index (χ1) is 11.8. The van der Waals surface area contributed by atoms with E-state index in [1.54, 1.807) is 11.3 Å². The highest BCUT2D eigenvalue weighted by atomic mass is 32.1. The van der Waals surface area contributed by atoms with Gasteiger partial charge in [-0.2, -0.15) is 0 Å². The SMILES string of the molecule is CCOc1ccc(-c2nc([C@@H]3COc4ccccc4O3)cs2)cc1. The topological polar surface area (TPSA) is 40.6 Å². The van der Waals surface area contributed by atoms with E-state index in [1.165, 1.54) is 0 Å². The lowest BCUT2D eigenvalue weighted by molar-refractivity contribution is 0.0888. The highest BCUT2D eigenvalue weighted by Gasteiger charge is 2.24. The number of para-hydroxylation sites is 2. The molecule has 122 valence electrons. The standard InChI is InChI=1S/C19H17NO3S/c1-2-21-14-9-7-13(8-10-14)19-20-15(12-24-19)18-11-22-16-5-3-4-6-17(16)23-18/h3-10,12,18H,2,11H2,1H3/t18-/m0/s1. The Bertz CT molecular complexity index is 829. The molecule has 0 fully saturated rings. The van der Waals surface area contributed by atoms with Gasteiger partial charge in [0.25, 0.3) is 0 Å². The molecule has 24 heavy (non-hydrogen) atoms. The van der Waals surface area contributed by atoms with Crippen LogP contribution in [0.4, 0.5) is 0 Å². The highest BCUT2D eigenvalue weighted by molar-refractivity contribution is 7.13. The second-order valence-electron chi connectivity index (χ2n) is 5.40. The van der Waals surface area contributed by atoms with Crippen molar-refractivity contribution in [1.82, 2.24) is 4.98 Å². The number of nitrogens with zero attached hydrogens (tertiary/aromatic N) is 1. The Labute approximate surface area is 144 Å². The summed E-state index contributed by atoms with van der Waals surface area (Å²) >= 11 is 1.61. The predicted molar refractivity (Wildman–Crippen MR) is 94.0 cm³/mol. The van der Waals surface area contributed by atoms with Crippen LogP contribution in [0, 0.1) is 0 Å². The molecule has 1 atom stereocenters. The fraction of sp³-hybridized carbons (Fsp3) is 0.211. The highest BCUT2D eigenvalue weighted by Crippen LogP contribution is 2.37. The van der Waals surface area contributed by atoms with Crippen LogP contribution in [0.2, 0.25) is 0 Å². The molecule has 1 aliphatic heterocycles. The van der Waals surface area contributed by atoms with Gasteiger partial charge in [0, 0.05) is 10.9 Å². The van der Waals surface area contributed by atoms with Gasteiger partial charge in [-0.3, -0.25) is 0 Å². The number of benzene rings is 2. The second kappa shape index (κ2) is 6.53. The quantitative estimate of drug-likeness (QED) is 0.689. The zero-order valence-corrected chi connectivity index (χ0v) is 14.1. The van der Waals surface area contributed by atoms with Crippen LogP contribution in [0.3, 0.4) is 0 Å². The molecule has 2 aromatic carbocycles. The minimum absolute atomic E-state index is 0.174. The normalized spacial score (nSPS) is 16.0. The van der Waals surface area contributed by atoms with Crippen molar-refractivity contribution in [3.8, 4) is 27.8 Å². The summed E-state index contributed by atoms with van der Waals surface area (Å²) in [5.41, 5.74) is 1.98. The van der Waals surface area contributed by atoms with E-state index in [2.05, 4.69) is 0 Å². The molecule has 2 heterocycles. The van der Waals surface area contributed by atoms with Crippen molar-refractivity contribution in [3.05, 3.63) is 59.6 Å². The van der Waals surface area contributed by atoms with Gasteiger partial charge in [-0.25, -0.2) is 4.98 Å². The molecular weight excluding hydrogens is 322 g/mol. The van der Waals surface area contributed by atoms with E-state index in [9.17, 15) is 0 Å². The molecule has 0 amide bonds. The van der Waals surface area contributed by atoms with Crippen LogP contribution >= 0.6 is 11.3 Å². The molecule has 0 radical (unpaired) electrons. The summed E-state index contributed by atoms with van der Waals surface area (Å²) in [6, 6.07) is 15.7. The average Bonchev–Trinajstić information content (AvgIpc) is 3.12. The lowest BCUT2D eigenvalue weighted by Crippen LogP contribution is -2.21. The predicted octanol–water partition coefficient (Wildman–Crippen LogP) is 4.72. The van der Waals surface area contributed by atoms with Crippen LogP contribution < -0.4 is 14.2 Å². The van der Waals surface area contributed by atoms with Crippen LogP contribution in [0.25, 0.3) is 10.6 Å².